The van der Waals surface area contributed by atoms with E-state index >= 15 is 0 Å². The summed E-state index contributed by atoms with van der Waals surface area (Å²) in [5, 5.41) is 25.5. The van der Waals surface area contributed by atoms with Gasteiger partial charge in [0, 0.05) is 29.7 Å². The van der Waals surface area contributed by atoms with Gasteiger partial charge in [0.1, 0.15) is 5.69 Å². The molecule has 5 rings (SSSR count). The zero-order chi connectivity index (χ0) is 24.9. The van der Waals surface area contributed by atoms with Gasteiger partial charge in [-0.05, 0) is 35.4 Å². The van der Waals surface area contributed by atoms with Crippen LogP contribution in [0.25, 0.3) is 16.7 Å². The molecule has 6 nitrogen and oxygen atoms in total. The van der Waals surface area contributed by atoms with Crippen molar-refractivity contribution >= 4 is 22.3 Å². The number of rotatable bonds is 7. The molecule has 0 fully saturated rings. The van der Waals surface area contributed by atoms with Crippen LogP contribution in [-0.4, -0.2) is 9.91 Å². The quantitative estimate of drug-likeness (QED) is 0.141. The minimum absolute atomic E-state index is 0.0516. The van der Waals surface area contributed by atoms with Crippen LogP contribution in [-0.2, 0) is 0 Å². The summed E-state index contributed by atoms with van der Waals surface area (Å²) in [6.07, 6.45) is 5.64. The van der Waals surface area contributed by atoms with Crippen LogP contribution in [0.4, 0.5) is 5.69 Å². The van der Waals surface area contributed by atoms with E-state index in [0.717, 1.165) is 22.2 Å². The summed E-state index contributed by atoms with van der Waals surface area (Å²) in [4.78, 5) is 15.6. The molecule has 2 atom stereocenters. The molecule has 0 N–H and O–H groups in total. The zero-order valence-electron chi connectivity index (χ0n) is 19.3. The highest BCUT2D eigenvalue weighted by Gasteiger charge is 2.32. The fraction of sp³-hybridized carbons (Fsp3) is 0.0667. The smallest absolute Gasteiger partial charge is 0.269 e. The van der Waals surface area contributed by atoms with Gasteiger partial charge in [0.25, 0.3) is 5.69 Å². The number of nitro benzene ring substituents is 1. The first-order valence-electron chi connectivity index (χ1n) is 11.6. The maximum Gasteiger partial charge on any atom is 0.269 e. The molecule has 2 heterocycles. The molecule has 0 saturated heterocycles. The van der Waals surface area contributed by atoms with E-state index in [-0.39, 0.29) is 23.4 Å². The average molecular weight is 474 g/mol. The molecule has 0 amide bonds. The zero-order valence-corrected chi connectivity index (χ0v) is 19.3. The summed E-state index contributed by atoms with van der Waals surface area (Å²) in [6, 6.07) is 33.1. The van der Waals surface area contributed by atoms with Crippen LogP contribution in [0.15, 0.2) is 128 Å². The Morgan fingerprint density at radius 1 is 0.806 bits per heavy atom. The maximum absolute atomic E-state index is 13.4. The fourth-order valence-corrected chi connectivity index (χ4v) is 4.42. The molecule has 176 valence electrons. The maximum atomic E-state index is 13.4. The van der Waals surface area contributed by atoms with Crippen molar-refractivity contribution in [1.82, 2.24) is 4.98 Å². The number of pyridine rings is 2. The van der Waals surface area contributed by atoms with E-state index in [9.17, 15) is 15.2 Å². The van der Waals surface area contributed by atoms with Crippen LogP contribution in [0.1, 0.15) is 28.8 Å². The second-order valence-electron chi connectivity index (χ2n) is 8.47. The standard InChI is InChI=1S/C30H23N3O3/c34-29(24-13-16-25(17-14-24)33(35)36)21-26(22-9-3-1-4-10-22)30(32-19-7-2-8-20-32)28-18-15-23-11-5-6-12-27(23)31-28/h1-21,26,30H/b29-21-. The molecule has 5 aromatic rings. The molecule has 0 bridgehead atoms. The van der Waals surface area contributed by atoms with Crippen LogP contribution in [0, 0.1) is 10.1 Å². The second-order valence-corrected chi connectivity index (χ2v) is 8.47. The van der Waals surface area contributed by atoms with Gasteiger partial charge in [0.2, 0.25) is 6.04 Å². The number of benzene rings is 3. The largest absolute Gasteiger partial charge is 0.872 e. The Morgan fingerprint density at radius 3 is 2.19 bits per heavy atom. The van der Waals surface area contributed by atoms with E-state index in [0.29, 0.717) is 5.56 Å². The van der Waals surface area contributed by atoms with Gasteiger partial charge in [-0.25, -0.2) is 4.98 Å². The van der Waals surface area contributed by atoms with Crippen molar-refractivity contribution in [2.75, 3.05) is 0 Å². The highest BCUT2D eigenvalue weighted by atomic mass is 16.6. The highest BCUT2D eigenvalue weighted by Crippen LogP contribution is 2.34. The third kappa shape index (κ3) is 4.83. The third-order valence-corrected chi connectivity index (χ3v) is 6.20. The van der Waals surface area contributed by atoms with Crippen molar-refractivity contribution in [3.05, 3.63) is 155 Å². The summed E-state index contributed by atoms with van der Waals surface area (Å²) < 4.78 is 2.06. The minimum atomic E-state index is -0.474. The molecule has 2 aromatic heterocycles. The number of non-ortho nitro benzene ring substituents is 1. The first-order chi connectivity index (χ1) is 17.6. The number of hydrogen-bond donors (Lipinski definition) is 0. The molecular weight excluding hydrogens is 450 g/mol. The van der Waals surface area contributed by atoms with Crippen molar-refractivity contribution in [3.8, 4) is 0 Å². The predicted molar refractivity (Wildman–Crippen MR) is 137 cm³/mol. The Labute approximate surface area is 208 Å². The summed E-state index contributed by atoms with van der Waals surface area (Å²) in [7, 11) is 0. The lowest BCUT2D eigenvalue weighted by atomic mass is 9.87. The molecule has 0 aliphatic heterocycles. The van der Waals surface area contributed by atoms with Gasteiger partial charge in [0.15, 0.2) is 12.4 Å². The normalized spacial score (nSPS) is 13.3. The highest BCUT2D eigenvalue weighted by molar-refractivity contribution is 5.78. The predicted octanol–water partition coefficient (Wildman–Crippen LogP) is 5.21. The summed E-state index contributed by atoms with van der Waals surface area (Å²) in [6.45, 7) is 0. The van der Waals surface area contributed by atoms with E-state index in [1.807, 2.05) is 97.3 Å². The summed E-state index contributed by atoms with van der Waals surface area (Å²) in [5.41, 5.74) is 3.01. The first-order valence-corrected chi connectivity index (χ1v) is 11.6. The van der Waals surface area contributed by atoms with Crippen LogP contribution < -0.4 is 9.67 Å². The Morgan fingerprint density at radius 2 is 1.47 bits per heavy atom. The number of allylic oxidation sites excluding steroid dienone is 1. The lowest BCUT2D eigenvalue weighted by molar-refractivity contribution is -0.716. The Kier molecular flexibility index (Phi) is 6.49. The van der Waals surface area contributed by atoms with E-state index in [1.165, 1.54) is 24.3 Å². The molecule has 2 unspecified atom stereocenters. The van der Waals surface area contributed by atoms with Gasteiger partial charge < -0.3 is 5.11 Å². The molecule has 6 heteroatoms. The van der Waals surface area contributed by atoms with Gasteiger partial charge in [-0.15, -0.1) is 5.76 Å². The lowest BCUT2D eigenvalue weighted by Crippen LogP contribution is -2.43. The number of aromatic nitrogens is 2. The summed E-state index contributed by atoms with van der Waals surface area (Å²) >= 11 is 0. The van der Waals surface area contributed by atoms with Crippen molar-refractivity contribution in [3.63, 3.8) is 0 Å². The molecule has 0 saturated carbocycles. The van der Waals surface area contributed by atoms with E-state index < -0.39 is 4.92 Å². The number of fused-ring (bicyclic) bond motifs is 1. The molecular formula is C30H23N3O3. The van der Waals surface area contributed by atoms with Gasteiger partial charge in [-0.2, -0.15) is 4.57 Å². The second kappa shape index (κ2) is 10.2. The number of hydrogen-bond acceptors (Lipinski definition) is 4. The van der Waals surface area contributed by atoms with Crippen LogP contribution in [0.3, 0.4) is 0 Å². The Hall–Kier alpha value is -4.84. The third-order valence-electron chi connectivity index (χ3n) is 6.20. The van der Waals surface area contributed by atoms with E-state index in [1.54, 1.807) is 6.08 Å². The van der Waals surface area contributed by atoms with Gasteiger partial charge in [0.05, 0.1) is 16.4 Å². The van der Waals surface area contributed by atoms with Crippen molar-refractivity contribution in [2.24, 2.45) is 0 Å². The molecule has 36 heavy (non-hydrogen) atoms. The molecule has 0 aliphatic rings. The molecule has 0 radical (unpaired) electrons. The average Bonchev–Trinajstić information content (AvgIpc) is 2.93. The minimum Gasteiger partial charge on any atom is -0.872 e. The van der Waals surface area contributed by atoms with Crippen molar-refractivity contribution in [1.29, 1.82) is 0 Å². The van der Waals surface area contributed by atoms with E-state index in [4.69, 9.17) is 4.98 Å². The fourth-order valence-electron chi connectivity index (χ4n) is 4.42. The number of para-hydroxylation sites is 1. The molecule has 0 spiro atoms. The van der Waals surface area contributed by atoms with Crippen LogP contribution in [0.2, 0.25) is 0 Å². The Balaban J connectivity index is 1.67. The topological polar surface area (TPSA) is 83.0 Å². The monoisotopic (exact) mass is 473 g/mol. The van der Waals surface area contributed by atoms with Crippen molar-refractivity contribution < 1.29 is 14.6 Å². The van der Waals surface area contributed by atoms with Gasteiger partial charge >= 0.3 is 0 Å². The number of nitrogens with zero attached hydrogens (tertiary/aromatic N) is 3. The summed E-state index contributed by atoms with van der Waals surface area (Å²) in [5.74, 6) is -0.559. The SMILES string of the molecule is O=[N+]([O-])c1ccc(/C([O-])=C/C(c2ccccc2)C(c2ccc3ccccc3n2)[n+]2ccccc2)cc1. The van der Waals surface area contributed by atoms with Gasteiger partial charge in [-0.3, -0.25) is 10.1 Å². The van der Waals surface area contributed by atoms with Crippen LogP contribution >= 0.6 is 0 Å². The lowest BCUT2D eigenvalue weighted by Gasteiger charge is -2.24. The van der Waals surface area contributed by atoms with Crippen molar-refractivity contribution in [2.45, 2.75) is 12.0 Å². The first kappa shape index (κ1) is 22.9. The molecule has 3 aromatic carbocycles. The van der Waals surface area contributed by atoms with E-state index in [2.05, 4.69) is 4.57 Å². The Bertz CT molecular complexity index is 1520. The van der Waals surface area contributed by atoms with Crippen LogP contribution in [0.5, 0.6) is 0 Å². The number of nitro groups is 1. The molecule has 0 aliphatic carbocycles. The van der Waals surface area contributed by atoms with Gasteiger partial charge in [-0.1, -0.05) is 66.7 Å².